The monoisotopic (exact) mass is 412 g/mol. The first kappa shape index (κ1) is 19.7. The predicted octanol–water partition coefficient (Wildman–Crippen LogP) is 3.55. The summed E-state index contributed by atoms with van der Waals surface area (Å²) < 4.78 is 36.6. The van der Waals surface area contributed by atoms with E-state index >= 15 is 0 Å². The van der Waals surface area contributed by atoms with Gasteiger partial charge in [-0.25, -0.2) is 4.98 Å². The maximum Gasteiger partial charge on any atom is 0.387 e. The Bertz CT molecular complexity index is 1100. The molecule has 1 atom stereocenters. The first-order valence-corrected chi connectivity index (χ1v) is 9.19. The molecule has 0 radical (unpaired) electrons. The highest BCUT2D eigenvalue weighted by atomic mass is 19.3. The molecule has 0 saturated heterocycles. The van der Waals surface area contributed by atoms with Gasteiger partial charge in [0.15, 0.2) is 5.82 Å². The van der Waals surface area contributed by atoms with E-state index in [1.807, 2.05) is 30.3 Å². The third kappa shape index (κ3) is 4.20. The highest BCUT2D eigenvalue weighted by Gasteiger charge is 2.16. The largest absolute Gasteiger partial charge is 0.474 e. The fourth-order valence-corrected chi connectivity index (χ4v) is 3.05. The molecule has 1 unspecified atom stereocenters. The quantitative estimate of drug-likeness (QED) is 0.477. The summed E-state index contributed by atoms with van der Waals surface area (Å²) in [5.41, 5.74) is 2.03. The number of aromatic nitrogens is 4. The van der Waals surface area contributed by atoms with E-state index in [1.165, 1.54) is 12.1 Å². The number of alkyl halides is 2. The van der Waals surface area contributed by atoms with E-state index < -0.39 is 6.61 Å². The van der Waals surface area contributed by atoms with Crippen molar-refractivity contribution >= 4 is 5.65 Å². The molecule has 0 saturated carbocycles. The second-order valence-corrected chi connectivity index (χ2v) is 6.45. The Morgan fingerprint density at radius 2 is 1.77 bits per heavy atom. The number of hydrogen-bond donors (Lipinski definition) is 1. The van der Waals surface area contributed by atoms with Crippen LogP contribution in [0.3, 0.4) is 0 Å². The molecule has 4 rings (SSSR count). The Hall–Kier alpha value is -3.59. The molecule has 1 N–H and O–H groups in total. The molecule has 0 amide bonds. The van der Waals surface area contributed by atoms with Crippen LogP contribution in [0.1, 0.15) is 11.5 Å². The standard InChI is InChI=1S/C21H18F2N4O3/c22-21(23)30-17-8-6-15(7-9-17)18-25-26-19-20(24-10-11-27(18)19)29-13-16(12-28)14-4-2-1-3-5-14/h1-11,16,21,28H,12-13H2. The van der Waals surface area contributed by atoms with E-state index in [2.05, 4.69) is 19.9 Å². The summed E-state index contributed by atoms with van der Waals surface area (Å²) in [6, 6.07) is 15.7. The molecule has 2 aromatic carbocycles. The Morgan fingerprint density at radius 1 is 1.00 bits per heavy atom. The lowest BCUT2D eigenvalue weighted by Crippen LogP contribution is -2.15. The van der Waals surface area contributed by atoms with Gasteiger partial charge in [-0.2, -0.15) is 8.78 Å². The Labute approximate surface area is 170 Å². The Kier molecular flexibility index (Phi) is 5.80. The molecular weight excluding hydrogens is 394 g/mol. The molecule has 2 aromatic heterocycles. The molecule has 4 aromatic rings. The zero-order valence-corrected chi connectivity index (χ0v) is 15.7. The van der Waals surface area contributed by atoms with Crippen molar-refractivity contribution in [2.75, 3.05) is 13.2 Å². The van der Waals surface area contributed by atoms with Crippen molar-refractivity contribution in [1.82, 2.24) is 19.6 Å². The normalized spacial score (nSPS) is 12.3. The average Bonchev–Trinajstić information content (AvgIpc) is 3.20. The van der Waals surface area contributed by atoms with Crippen LogP contribution in [0.15, 0.2) is 67.0 Å². The molecule has 0 spiro atoms. The summed E-state index contributed by atoms with van der Waals surface area (Å²) >= 11 is 0. The lowest BCUT2D eigenvalue weighted by molar-refractivity contribution is -0.0498. The topological polar surface area (TPSA) is 81.8 Å². The molecule has 0 bridgehead atoms. The lowest BCUT2D eigenvalue weighted by atomic mass is 10.0. The minimum absolute atomic E-state index is 0.0595. The SMILES string of the molecule is OCC(COc1nccn2c(-c3ccc(OC(F)F)cc3)nnc12)c1ccccc1. The number of benzene rings is 2. The number of rotatable bonds is 8. The molecule has 9 heteroatoms. The van der Waals surface area contributed by atoms with E-state index in [0.717, 1.165) is 5.56 Å². The third-order valence-electron chi connectivity index (χ3n) is 4.54. The fourth-order valence-electron chi connectivity index (χ4n) is 3.05. The highest BCUT2D eigenvalue weighted by molar-refractivity contribution is 5.62. The first-order valence-electron chi connectivity index (χ1n) is 9.19. The van der Waals surface area contributed by atoms with Crippen LogP contribution < -0.4 is 9.47 Å². The lowest BCUT2D eigenvalue weighted by Gasteiger charge is -2.15. The van der Waals surface area contributed by atoms with Crippen LogP contribution in [-0.4, -0.2) is 44.5 Å². The van der Waals surface area contributed by atoms with Gasteiger partial charge in [0, 0.05) is 23.9 Å². The van der Waals surface area contributed by atoms with Crippen molar-refractivity contribution in [2.45, 2.75) is 12.5 Å². The van der Waals surface area contributed by atoms with Gasteiger partial charge in [-0.1, -0.05) is 30.3 Å². The molecule has 2 heterocycles. The van der Waals surface area contributed by atoms with Crippen molar-refractivity contribution in [1.29, 1.82) is 0 Å². The van der Waals surface area contributed by atoms with Gasteiger partial charge in [0.1, 0.15) is 5.75 Å². The molecule has 7 nitrogen and oxygen atoms in total. The zero-order valence-electron chi connectivity index (χ0n) is 15.7. The van der Waals surface area contributed by atoms with E-state index in [4.69, 9.17) is 4.74 Å². The van der Waals surface area contributed by atoms with Gasteiger partial charge in [-0.15, -0.1) is 10.2 Å². The number of nitrogens with zero attached hydrogens (tertiary/aromatic N) is 4. The van der Waals surface area contributed by atoms with Crippen molar-refractivity contribution in [3.63, 3.8) is 0 Å². The highest BCUT2D eigenvalue weighted by Crippen LogP contribution is 2.25. The van der Waals surface area contributed by atoms with Gasteiger partial charge in [-0.05, 0) is 29.8 Å². The van der Waals surface area contributed by atoms with Crippen molar-refractivity contribution in [3.8, 4) is 23.0 Å². The van der Waals surface area contributed by atoms with Crippen LogP contribution in [0.25, 0.3) is 17.0 Å². The van der Waals surface area contributed by atoms with Crippen LogP contribution in [0.4, 0.5) is 8.78 Å². The van der Waals surface area contributed by atoms with Crippen LogP contribution in [0.5, 0.6) is 11.6 Å². The second-order valence-electron chi connectivity index (χ2n) is 6.45. The van der Waals surface area contributed by atoms with Gasteiger partial charge in [0.05, 0.1) is 13.2 Å². The minimum atomic E-state index is -2.88. The summed E-state index contributed by atoms with van der Waals surface area (Å²) in [5.74, 6) is 0.633. The average molecular weight is 412 g/mol. The molecule has 0 aliphatic heterocycles. The van der Waals surface area contributed by atoms with Crippen LogP contribution >= 0.6 is 0 Å². The van der Waals surface area contributed by atoms with Crippen LogP contribution in [0.2, 0.25) is 0 Å². The van der Waals surface area contributed by atoms with Crippen LogP contribution in [-0.2, 0) is 0 Å². The third-order valence-corrected chi connectivity index (χ3v) is 4.54. The summed E-state index contributed by atoms with van der Waals surface area (Å²) in [6.45, 7) is -2.73. The number of aliphatic hydroxyl groups is 1. The molecular formula is C21H18F2N4O3. The number of aliphatic hydroxyl groups excluding tert-OH is 1. The molecule has 0 aliphatic rings. The summed E-state index contributed by atoms with van der Waals surface area (Å²) in [6.07, 6.45) is 3.24. The van der Waals surface area contributed by atoms with Gasteiger partial charge in [0.25, 0.3) is 5.88 Å². The first-order chi connectivity index (χ1) is 14.7. The van der Waals surface area contributed by atoms with Crippen molar-refractivity contribution in [3.05, 3.63) is 72.6 Å². The zero-order chi connectivity index (χ0) is 20.9. The maximum absolute atomic E-state index is 12.3. The molecule has 30 heavy (non-hydrogen) atoms. The molecule has 154 valence electrons. The smallest absolute Gasteiger partial charge is 0.387 e. The van der Waals surface area contributed by atoms with Crippen molar-refractivity contribution < 1.29 is 23.4 Å². The number of ether oxygens (including phenoxy) is 2. The van der Waals surface area contributed by atoms with Crippen LogP contribution in [0, 0.1) is 0 Å². The van der Waals surface area contributed by atoms with Gasteiger partial charge >= 0.3 is 6.61 Å². The van der Waals surface area contributed by atoms with Crippen molar-refractivity contribution in [2.24, 2.45) is 0 Å². The van der Waals surface area contributed by atoms with E-state index in [9.17, 15) is 13.9 Å². The maximum atomic E-state index is 12.3. The number of halogens is 2. The predicted molar refractivity (Wildman–Crippen MR) is 105 cm³/mol. The second kappa shape index (κ2) is 8.83. The fraction of sp³-hybridized carbons (Fsp3) is 0.190. The minimum Gasteiger partial charge on any atom is -0.474 e. The Balaban J connectivity index is 1.56. The van der Waals surface area contributed by atoms with E-state index in [-0.39, 0.29) is 30.8 Å². The van der Waals surface area contributed by atoms with E-state index in [1.54, 1.807) is 28.9 Å². The van der Waals surface area contributed by atoms with Gasteiger partial charge in [0.2, 0.25) is 5.65 Å². The van der Waals surface area contributed by atoms with E-state index in [0.29, 0.717) is 17.0 Å². The molecule has 0 aliphatic carbocycles. The summed E-state index contributed by atoms with van der Waals surface area (Å²) in [7, 11) is 0. The van der Waals surface area contributed by atoms with Gasteiger partial charge in [-0.3, -0.25) is 4.40 Å². The summed E-state index contributed by atoms with van der Waals surface area (Å²) in [5, 5.41) is 18.0. The number of hydrogen-bond acceptors (Lipinski definition) is 6. The summed E-state index contributed by atoms with van der Waals surface area (Å²) in [4.78, 5) is 4.23. The Morgan fingerprint density at radius 3 is 2.47 bits per heavy atom. The molecule has 0 fully saturated rings. The van der Waals surface area contributed by atoms with Gasteiger partial charge < -0.3 is 14.6 Å². The number of fused-ring (bicyclic) bond motifs is 1.